The zero-order chi connectivity index (χ0) is 17.9. The normalized spacial score (nSPS) is 17.8. The number of amides is 1. The van der Waals surface area contributed by atoms with Crippen LogP contribution in [0.25, 0.3) is 0 Å². The van der Waals surface area contributed by atoms with Crippen LogP contribution in [0.1, 0.15) is 63.3 Å². The lowest BCUT2D eigenvalue weighted by atomic mass is 10.1. The first-order chi connectivity index (χ1) is 11.2. The minimum absolute atomic E-state index is 0.0241. The van der Waals surface area contributed by atoms with E-state index in [0.29, 0.717) is 24.5 Å². The van der Waals surface area contributed by atoms with Gasteiger partial charge in [0.05, 0.1) is 12.5 Å². The van der Waals surface area contributed by atoms with E-state index in [0.717, 1.165) is 18.5 Å². The van der Waals surface area contributed by atoms with Crippen LogP contribution >= 0.6 is 0 Å². The molecule has 0 aromatic carbocycles. The van der Waals surface area contributed by atoms with Gasteiger partial charge < -0.3 is 9.84 Å². The molecule has 1 fully saturated rings. The fourth-order valence-electron chi connectivity index (χ4n) is 2.74. The number of carboxylic acids is 1. The summed E-state index contributed by atoms with van der Waals surface area (Å²) in [6.07, 6.45) is 1.66. The lowest BCUT2D eigenvalue weighted by molar-refractivity contribution is -0.136. The first-order valence-corrected chi connectivity index (χ1v) is 8.21. The molecule has 1 aliphatic heterocycles. The topological polar surface area (TPSA) is 92.6 Å². The highest BCUT2D eigenvalue weighted by molar-refractivity contribution is 5.69. The smallest absolute Gasteiger partial charge is 0.410 e. The van der Waals surface area contributed by atoms with E-state index in [9.17, 15) is 9.59 Å². The summed E-state index contributed by atoms with van der Waals surface area (Å²) in [4.78, 5) is 33.8. The van der Waals surface area contributed by atoms with Crippen LogP contribution in [0.5, 0.6) is 0 Å². The second kappa shape index (κ2) is 7.15. The fourth-order valence-corrected chi connectivity index (χ4v) is 2.74. The van der Waals surface area contributed by atoms with Gasteiger partial charge in [-0.15, -0.1) is 0 Å². The third-order valence-corrected chi connectivity index (χ3v) is 3.70. The molecule has 7 heteroatoms. The number of carbonyl (C=O) groups is 2. The maximum absolute atomic E-state index is 12.4. The second-order valence-electron chi connectivity index (χ2n) is 7.08. The second-order valence-corrected chi connectivity index (χ2v) is 7.08. The van der Waals surface area contributed by atoms with Crippen LogP contribution in [0.4, 0.5) is 4.79 Å². The summed E-state index contributed by atoms with van der Waals surface area (Å²) in [5, 5.41) is 8.84. The van der Waals surface area contributed by atoms with Gasteiger partial charge in [0.15, 0.2) is 5.82 Å². The van der Waals surface area contributed by atoms with Crippen molar-refractivity contribution in [3.05, 3.63) is 23.3 Å². The molecule has 0 radical (unpaired) electrons. The molecule has 2 rings (SSSR count). The zero-order valence-corrected chi connectivity index (χ0v) is 14.7. The van der Waals surface area contributed by atoms with Crippen LogP contribution in [0.15, 0.2) is 6.07 Å². The summed E-state index contributed by atoms with van der Waals surface area (Å²) in [7, 11) is 0. The minimum atomic E-state index is -0.857. The monoisotopic (exact) mass is 335 g/mol. The maximum atomic E-state index is 12.4. The molecule has 1 atom stereocenters. The van der Waals surface area contributed by atoms with E-state index in [4.69, 9.17) is 9.84 Å². The average Bonchev–Trinajstić information content (AvgIpc) is 2.92. The molecule has 0 saturated carbocycles. The molecule has 7 nitrogen and oxygen atoms in total. The summed E-state index contributed by atoms with van der Waals surface area (Å²) >= 11 is 0. The SMILES string of the molecule is Cc1cc(CCC(=O)O)nc([C@H]2CCCN2C(=O)OC(C)(C)C)n1. The number of carbonyl (C=O) groups excluding carboxylic acids is 1. The summed E-state index contributed by atoms with van der Waals surface area (Å²) < 4.78 is 5.47. The van der Waals surface area contributed by atoms with Crippen molar-refractivity contribution in [3.63, 3.8) is 0 Å². The Morgan fingerprint density at radius 1 is 1.38 bits per heavy atom. The summed E-state index contributed by atoms with van der Waals surface area (Å²) in [5.41, 5.74) is 0.914. The number of aryl methyl sites for hydroxylation is 2. The number of rotatable bonds is 4. The third-order valence-electron chi connectivity index (χ3n) is 3.70. The molecule has 1 aromatic heterocycles. The molecule has 0 bridgehead atoms. The number of nitrogens with zero attached hydrogens (tertiary/aromatic N) is 3. The Bertz CT molecular complexity index is 625. The van der Waals surface area contributed by atoms with Gasteiger partial charge in [0.1, 0.15) is 5.60 Å². The molecule has 0 unspecified atom stereocenters. The molecule has 0 spiro atoms. The van der Waals surface area contributed by atoms with E-state index in [1.807, 2.05) is 27.7 Å². The van der Waals surface area contributed by atoms with Gasteiger partial charge in [0.2, 0.25) is 0 Å². The third kappa shape index (κ3) is 4.91. The molecular weight excluding hydrogens is 310 g/mol. The Kier molecular flexibility index (Phi) is 5.41. The number of carboxylic acid groups (broad SMARTS) is 1. The van der Waals surface area contributed by atoms with Gasteiger partial charge in [-0.05, 0) is 46.6 Å². The molecule has 1 aromatic rings. The van der Waals surface area contributed by atoms with Gasteiger partial charge in [-0.3, -0.25) is 9.69 Å². The molecule has 1 N–H and O–H groups in total. The first kappa shape index (κ1) is 18.2. The highest BCUT2D eigenvalue weighted by Gasteiger charge is 2.35. The predicted octanol–water partition coefficient (Wildman–Crippen LogP) is 2.87. The Hall–Kier alpha value is -2.18. The van der Waals surface area contributed by atoms with Gasteiger partial charge >= 0.3 is 12.1 Å². The van der Waals surface area contributed by atoms with Gasteiger partial charge in [-0.2, -0.15) is 0 Å². The number of likely N-dealkylation sites (tertiary alicyclic amines) is 1. The Morgan fingerprint density at radius 3 is 2.71 bits per heavy atom. The van der Waals surface area contributed by atoms with Crippen LogP contribution < -0.4 is 0 Å². The molecule has 132 valence electrons. The van der Waals surface area contributed by atoms with Crippen molar-refractivity contribution in [1.29, 1.82) is 0 Å². The molecule has 2 heterocycles. The molecule has 24 heavy (non-hydrogen) atoms. The van der Waals surface area contributed by atoms with E-state index in [1.54, 1.807) is 11.0 Å². The lowest BCUT2D eigenvalue weighted by Gasteiger charge is -2.28. The van der Waals surface area contributed by atoms with Crippen molar-refractivity contribution in [3.8, 4) is 0 Å². The van der Waals surface area contributed by atoms with Gasteiger partial charge in [-0.25, -0.2) is 14.8 Å². The van der Waals surface area contributed by atoms with Crippen LogP contribution in [0.3, 0.4) is 0 Å². The van der Waals surface area contributed by atoms with Crippen LogP contribution in [0.2, 0.25) is 0 Å². The highest BCUT2D eigenvalue weighted by Crippen LogP contribution is 2.31. The first-order valence-electron chi connectivity index (χ1n) is 8.21. The van der Waals surface area contributed by atoms with Gasteiger partial charge in [-0.1, -0.05) is 0 Å². The molecule has 1 amide bonds. The van der Waals surface area contributed by atoms with Crippen LogP contribution in [0, 0.1) is 6.92 Å². The van der Waals surface area contributed by atoms with Crippen LogP contribution in [-0.4, -0.2) is 44.2 Å². The standard InChI is InChI=1S/C17H25N3O4/c1-11-10-12(7-8-14(21)22)19-15(18-11)13-6-5-9-20(13)16(23)24-17(2,3)4/h10,13H,5-9H2,1-4H3,(H,21,22)/t13-/m1/s1. The zero-order valence-electron chi connectivity index (χ0n) is 14.7. The average molecular weight is 335 g/mol. The number of ether oxygens (including phenoxy) is 1. The van der Waals surface area contributed by atoms with Gasteiger partial charge in [0.25, 0.3) is 0 Å². The van der Waals surface area contributed by atoms with Crippen molar-refractivity contribution in [2.75, 3.05) is 6.54 Å². The summed E-state index contributed by atoms with van der Waals surface area (Å²) in [6, 6.07) is 1.57. The molecule has 0 aliphatic carbocycles. The van der Waals surface area contributed by atoms with E-state index >= 15 is 0 Å². The molecule has 1 aliphatic rings. The Morgan fingerprint density at radius 2 is 2.08 bits per heavy atom. The molecule has 1 saturated heterocycles. The number of hydrogen-bond donors (Lipinski definition) is 1. The fraction of sp³-hybridized carbons (Fsp3) is 0.647. The minimum Gasteiger partial charge on any atom is -0.481 e. The number of hydrogen-bond acceptors (Lipinski definition) is 5. The number of aliphatic carboxylic acids is 1. The number of aromatic nitrogens is 2. The van der Waals surface area contributed by atoms with Crippen molar-refractivity contribution in [1.82, 2.24) is 14.9 Å². The highest BCUT2D eigenvalue weighted by atomic mass is 16.6. The van der Waals surface area contributed by atoms with E-state index in [1.165, 1.54) is 0 Å². The van der Waals surface area contributed by atoms with Crippen molar-refractivity contribution >= 4 is 12.1 Å². The maximum Gasteiger partial charge on any atom is 0.410 e. The lowest BCUT2D eigenvalue weighted by Crippen LogP contribution is -2.37. The van der Waals surface area contributed by atoms with E-state index in [2.05, 4.69) is 9.97 Å². The Labute approximate surface area is 142 Å². The molecular formula is C17H25N3O4. The Balaban J connectivity index is 2.19. The van der Waals surface area contributed by atoms with Crippen molar-refractivity contribution < 1.29 is 19.4 Å². The van der Waals surface area contributed by atoms with E-state index < -0.39 is 11.6 Å². The summed E-state index contributed by atoms with van der Waals surface area (Å²) in [5.74, 6) is -0.289. The van der Waals surface area contributed by atoms with E-state index in [-0.39, 0.29) is 18.6 Å². The van der Waals surface area contributed by atoms with Gasteiger partial charge in [0, 0.05) is 24.4 Å². The quantitative estimate of drug-likeness (QED) is 0.909. The largest absolute Gasteiger partial charge is 0.481 e. The predicted molar refractivity (Wildman–Crippen MR) is 87.6 cm³/mol. The summed E-state index contributed by atoms with van der Waals surface area (Å²) in [6.45, 7) is 7.97. The van der Waals surface area contributed by atoms with Crippen molar-refractivity contribution in [2.24, 2.45) is 0 Å². The van der Waals surface area contributed by atoms with Crippen molar-refractivity contribution in [2.45, 2.75) is 65.0 Å². The van der Waals surface area contributed by atoms with Crippen LogP contribution in [-0.2, 0) is 16.0 Å².